The number of hydrogen-bond acceptors (Lipinski definition) is 4. The van der Waals surface area contributed by atoms with E-state index < -0.39 is 6.09 Å². The van der Waals surface area contributed by atoms with Crippen molar-refractivity contribution in [2.75, 3.05) is 12.4 Å². The third-order valence-corrected chi connectivity index (χ3v) is 9.03. The lowest BCUT2D eigenvalue weighted by Gasteiger charge is -2.54. The van der Waals surface area contributed by atoms with Crippen molar-refractivity contribution in [3.05, 3.63) is 60.2 Å². The fraction of sp³-hybridized carbons (Fsp3) is 0.517. The van der Waals surface area contributed by atoms with E-state index in [0.717, 1.165) is 37.9 Å². The summed E-state index contributed by atoms with van der Waals surface area (Å²) in [5.41, 5.74) is 3.00. The van der Waals surface area contributed by atoms with Crippen LogP contribution in [-0.2, 0) is 9.53 Å². The van der Waals surface area contributed by atoms with Gasteiger partial charge in [0.15, 0.2) is 0 Å². The maximum atomic E-state index is 13.1. The number of ether oxygens (including phenoxy) is 2. The quantitative estimate of drug-likeness (QED) is 0.569. The Balaban J connectivity index is 1.44. The number of carbonyl (C=O) groups excluding carboxylic acids is 2. The number of hydrogen-bond donors (Lipinski definition) is 1. The molecule has 4 aliphatic carbocycles. The molecule has 1 amide bonds. The lowest BCUT2D eigenvalue weighted by molar-refractivity contribution is -0.130. The van der Waals surface area contributed by atoms with Gasteiger partial charge in [0.25, 0.3) is 0 Å². The summed E-state index contributed by atoms with van der Waals surface area (Å²) in [6.07, 6.45) is 10.9. The van der Waals surface area contributed by atoms with Crippen molar-refractivity contribution in [3.8, 4) is 5.75 Å². The summed E-state index contributed by atoms with van der Waals surface area (Å²) in [6, 6.07) is 7.24. The van der Waals surface area contributed by atoms with Gasteiger partial charge in [0.05, 0.1) is 7.11 Å². The van der Waals surface area contributed by atoms with Crippen molar-refractivity contribution in [2.24, 2.45) is 35.0 Å². The maximum Gasteiger partial charge on any atom is 0.411 e. The molecule has 2 fully saturated rings. The number of allylic oxidation sites excluding steroid dienone is 5. The standard InChI is InChI=1S/C29H35NO4/c1-17-5-11-22-19(15-17)6-12-23-25-14-13-24(18(2)31)29(25,3)16-26(27(22)23)34-28(32)30-20-7-9-21(33-4)10-8-20/h6-10,12,15,22-27H,1,5,11,13-14,16H2,2-4H3,(H,30,32). The number of carbonyl (C=O) groups is 2. The molecular weight excluding hydrogens is 426 g/mol. The highest BCUT2D eigenvalue weighted by atomic mass is 16.6. The van der Waals surface area contributed by atoms with Crippen molar-refractivity contribution in [1.82, 2.24) is 0 Å². The molecule has 1 aromatic carbocycles. The van der Waals surface area contributed by atoms with Crippen LogP contribution in [0.25, 0.3) is 0 Å². The fourth-order valence-corrected chi connectivity index (χ4v) is 7.54. The molecular formula is C29H35NO4. The third kappa shape index (κ3) is 3.89. The molecule has 4 aliphatic rings. The number of anilines is 1. The van der Waals surface area contributed by atoms with Crippen LogP contribution in [0.5, 0.6) is 5.75 Å². The van der Waals surface area contributed by atoms with Crippen LogP contribution in [0.1, 0.15) is 46.0 Å². The van der Waals surface area contributed by atoms with Gasteiger partial charge in [-0.15, -0.1) is 0 Å². The highest BCUT2D eigenvalue weighted by Crippen LogP contribution is 2.63. The minimum Gasteiger partial charge on any atom is -0.497 e. The first-order valence-corrected chi connectivity index (χ1v) is 12.5. The van der Waals surface area contributed by atoms with Gasteiger partial charge in [-0.2, -0.15) is 0 Å². The van der Waals surface area contributed by atoms with Crippen molar-refractivity contribution < 1.29 is 19.1 Å². The molecule has 5 nitrogen and oxygen atoms in total. The van der Waals surface area contributed by atoms with Crippen LogP contribution >= 0.6 is 0 Å². The third-order valence-electron chi connectivity index (χ3n) is 9.03. The Morgan fingerprint density at radius 1 is 1.15 bits per heavy atom. The van der Waals surface area contributed by atoms with E-state index in [-0.39, 0.29) is 29.1 Å². The van der Waals surface area contributed by atoms with Gasteiger partial charge in [-0.05, 0) is 92.0 Å². The number of Topliss-reactive ketones (excluding diaryl/α,β-unsaturated/α-hetero) is 1. The Bertz CT molecular complexity index is 1050. The number of amides is 1. The van der Waals surface area contributed by atoms with E-state index in [2.05, 4.69) is 37.0 Å². The normalized spacial score (nSPS) is 36.0. The van der Waals surface area contributed by atoms with E-state index in [0.29, 0.717) is 23.4 Å². The van der Waals surface area contributed by atoms with Gasteiger partial charge in [0.1, 0.15) is 17.6 Å². The molecule has 1 N–H and O–H groups in total. The smallest absolute Gasteiger partial charge is 0.411 e. The van der Waals surface area contributed by atoms with Gasteiger partial charge >= 0.3 is 6.09 Å². The second kappa shape index (κ2) is 8.75. The van der Waals surface area contributed by atoms with E-state index in [1.807, 2.05) is 12.1 Å². The largest absolute Gasteiger partial charge is 0.497 e. The van der Waals surface area contributed by atoms with Crippen LogP contribution in [0.2, 0.25) is 0 Å². The highest BCUT2D eigenvalue weighted by molar-refractivity contribution is 5.85. The molecule has 0 saturated heterocycles. The predicted molar refractivity (Wildman–Crippen MR) is 133 cm³/mol. The van der Waals surface area contributed by atoms with Gasteiger partial charge in [-0.1, -0.05) is 37.3 Å². The summed E-state index contributed by atoms with van der Waals surface area (Å²) in [4.78, 5) is 25.6. The molecule has 0 bridgehead atoms. The summed E-state index contributed by atoms with van der Waals surface area (Å²) in [6.45, 7) is 8.16. The van der Waals surface area contributed by atoms with Crippen molar-refractivity contribution in [2.45, 2.75) is 52.1 Å². The molecule has 7 unspecified atom stereocenters. The van der Waals surface area contributed by atoms with E-state index in [9.17, 15) is 9.59 Å². The molecule has 0 spiro atoms. The Morgan fingerprint density at radius 2 is 1.91 bits per heavy atom. The molecule has 180 valence electrons. The lowest BCUT2D eigenvalue weighted by atomic mass is 9.51. The summed E-state index contributed by atoms with van der Waals surface area (Å²) in [7, 11) is 1.61. The minimum atomic E-state index is -0.436. The average Bonchev–Trinajstić information content (AvgIpc) is 3.16. The lowest BCUT2D eigenvalue weighted by Crippen LogP contribution is -2.53. The molecule has 0 aliphatic heterocycles. The molecule has 0 radical (unpaired) electrons. The molecule has 1 aromatic rings. The summed E-state index contributed by atoms with van der Waals surface area (Å²) < 4.78 is 11.4. The van der Waals surface area contributed by atoms with E-state index in [1.54, 1.807) is 26.2 Å². The number of fused-ring (bicyclic) bond motifs is 5. The topological polar surface area (TPSA) is 64.6 Å². The van der Waals surface area contributed by atoms with Gasteiger partial charge in [0, 0.05) is 17.5 Å². The summed E-state index contributed by atoms with van der Waals surface area (Å²) in [5.74, 6) is 2.38. The first kappa shape index (κ1) is 22.9. The van der Waals surface area contributed by atoms with Crippen LogP contribution in [0, 0.1) is 35.0 Å². The molecule has 2 saturated carbocycles. The number of methoxy groups -OCH3 is 1. The van der Waals surface area contributed by atoms with E-state index in [4.69, 9.17) is 9.47 Å². The molecule has 5 rings (SSSR count). The van der Waals surface area contributed by atoms with E-state index in [1.165, 1.54) is 11.1 Å². The second-order valence-corrected chi connectivity index (χ2v) is 10.8. The monoisotopic (exact) mass is 461 g/mol. The minimum absolute atomic E-state index is 0.0330. The first-order chi connectivity index (χ1) is 16.3. The summed E-state index contributed by atoms with van der Waals surface area (Å²) in [5, 5.41) is 2.89. The number of ketones is 1. The number of rotatable bonds is 4. The van der Waals surface area contributed by atoms with E-state index >= 15 is 0 Å². The zero-order chi connectivity index (χ0) is 24.0. The highest BCUT2D eigenvalue weighted by Gasteiger charge is 2.60. The zero-order valence-corrected chi connectivity index (χ0v) is 20.4. The van der Waals surface area contributed by atoms with Crippen LogP contribution in [-0.4, -0.2) is 25.1 Å². The molecule has 0 heterocycles. The number of nitrogens with one attached hydrogen (secondary N) is 1. The number of benzene rings is 1. The molecule has 34 heavy (non-hydrogen) atoms. The molecule has 7 atom stereocenters. The van der Waals surface area contributed by atoms with Crippen LogP contribution in [0.3, 0.4) is 0 Å². The van der Waals surface area contributed by atoms with Gasteiger partial charge in [-0.3, -0.25) is 10.1 Å². The maximum absolute atomic E-state index is 13.1. The van der Waals surface area contributed by atoms with Crippen LogP contribution < -0.4 is 10.1 Å². The SMILES string of the molecule is C=C1C=C2C=CC3C(C(OC(=O)Nc4ccc(OC)cc4)CC4(C)C(C(C)=O)CCC34)C2CC1. The van der Waals surface area contributed by atoms with Crippen LogP contribution in [0.4, 0.5) is 10.5 Å². The van der Waals surface area contributed by atoms with Gasteiger partial charge < -0.3 is 9.47 Å². The van der Waals surface area contributed by atoms with Gasteiger partial charge in [0.2, 0.25) is 0 Å². The van der Waals surface area contributed by atoms with Crippen molar-refractivity contribution >= 4 is 17.6 Å². The second-order valence-electron chi connectivity index (χ2n) is 10.8. The Hall–Kier alpha value is -2.82. The van der Waals surface area contributed by atoms with Crippen molar-refractivity contribution in [3.63, 3.8) is 0 Å². The Kier molecular flexibility index (Phi) is 5.91. The summed E-state index contributed by atoms with van der Waals surface area (Å²) >= 11 is 0. The average molecular weight is 462 g/mol. The molecule has 0 aromatic heterocycles. The van der Waals surface area contributed by atoms with Crippen molar-refractivity contribution in [1.29, 1.82) is 0 Å². The van der Waals surface area contributed by atoms with Gasteiger partial charge in [-0.25, -0.2) is 4.79 Å². The fourth-order valence-electron chi connectivity index (χ4n) is 7.54. The Morgan fingerprint density at radius 3 is 2.62 bits per heavy atom. The zero-order valence-electron chi connectivity index (χ0n) is 20.4. The predicted octanol–water partition coefficient (Wildman–Crippen LogP) is 6.33. The van der Waals surface area contributed by atoms with Crippen LogP contribution in [0.15, 0.2) is 60.2 Å². The molecule has 5 heteroatoms. The first-order valence-electron chi connectivity index (χ1n) is 12.5. The Labute approximate surface area is 202 Å².